The molecule has 0 aromatic heterocycles. The first-order chi connectivity index (χ1) is 10.7. The third kappa shape index (κ3) is 4.61. The number of quaternary nitrogens is 1. The summed E-state index contributed by atoms with van der Waals surface area (Å²) < 4.78 is 5.80. The van der Waals surface area contributed by atoms with E-state index in [2.05, 4.69) is 5.32 Å². The van der Waals surface area contributed by atoms with Gasteiger partial charge in [-0.15, -0.1) is 0 Å². The van der Waals surface area contributed by atoms with E-state index < -0.39 is 0 Å². The molecule has 2 aliphatic rings. The van der Waals surface area contributed by atoms with Crippen LogP contribution in [0, 0.1) is 6.92 Å². The largest absolute Gasteiger partial charge is 1.00 e. The number of anilines is 1. The molecule has 1 saturated carbocycles. The molecule has 23 heavy (non-hydrogen) atoms. The monoisotopic (exact) mass is 338 g/mol. The number of aryl methyl sites for hydroxylation is 1. The summed E-state index contributed by atoms with van der Waals surface area (Å²) >= 11 is 0. The lowest BCUT2D eigenvalue weighted by atomic mass is 9.91. The normalized spacial score (nSPS) is 24.7. The first kappa shape index (κ1) is 18.1. The highest BCUT2D eigenvalue weighted by Gasteiger charge is 2.37. The van der Waals surface area contributed by atoms with Gasteiger partial charge in [-0.3, -0.25) is 5.32 Å². The van der Waals surface area contributed by atoms with Crippen LogP contribution in [0.2, 0.25) is 0 Å². The molecule has 0 radical (unpaired) electrons. The van der Waals surface area contributed by atoms with Gasteiger partial charge in [0.05, 0.1) is 13.1 Å². The molecule has 4 nitrogen and oxygen atoms in total. The van der Waals surface area contributed by atoms with E-state index in [1.54, 1.807) is 4.90 Å². The maximum atomic E-state index is 12.3. The van der Waals surface area contributed by atoms with E-state index in [0.717, 1.165) is 17.7 Å². The molecule has 2 atom stereocenters. The van der Waals surface area contributed by atoms with Gasteiger partial charge in [0, 0.05) is 24.9 Å². The molecule has 5 heteroatoms. The van der Waals surface area contributed by atoms with Crippen molar-refractivity contribution < 1.29 is 26.8 Å². The molecule has 1 aliphatic heterocycles. The summed E-state index contributed by atoms with van der Waals surface area (Å²) in [6.45, 7) is 4.47. The van der Waals surface area contributed by atoms with Crippen LogP contribution in [-0.2, 0) is 4.74 Å². The van der Waals surface area contributed by atoms with Crippen LogP contribution in [0.15, 0.2) is 24.3 Å². The number of amides is 1. The van der Waals surface area contributed by atoms with Gasteiger partial charge in [-0.2, -0.15) is 0 Å². The first-order valence-electron chi connectivity index (χ1n) is 8.62. The van der Waals surface area contributed by atoms with Gasteiger partial charge in [0.25, 0.3) is 0 Å². The Labute approximate surface area is 145 Å². The van der Waals surface area contributed by atoms with Gasteiger partial charge in [-0.1, -0.05) is 18.2 Å². The highest BCUT2D eigenvalue weighted by Crippen LogP contribution is 2.21. The lowest BCUT2D eigenvalue weighted by Crippen LogP contribution is -3.15. The first-order valence-corrected chi connectivity index (χ1v) is 8.62. The number of nitrogens with one attached hydrogen (secondary N) is 2. The third-order valence-electron chi connectivity index (χ3n) is 5.11. The highest BCUT2D eigenvalue weighted by atomic mass is 35.5. The number of ether oxygens (including phenoxy) is 1. The second-order valence-corrected chi connectivity index (χ2v) is 6.64. The Morgan fingerprint density at radius 1 is 1.13 bits per heavy atom. The van der Waals surface area contributed by atoms with Crippen LogP contribution >= 0.6 is 0 Å². The molecule has 3 rings (SSSR count). The molecular formula is C18H27ClN2O2. The smallest absolute Gasteiger partial charge is 0.412 e. The van der Waals surface area contributed by atoms with Crippen LogP contribution < -0.4 is 22.6 Å². The summed E-state index contributed by atoms with van der Waals surface area (Å²) in [6.07, 6.45) is 7.05. The summed E-state index contributed by atoms with van der Waals surface area (Å²) in [5, 5.41) is 2.90. The van der Waals surface area contributed by atoms with Crippen molar-refractivity contribution in [3.05, 3.63) is 29.8 Å². The van der Waals surface area contributed by atoms with Crippen LogP contribution in [0.5, 0.6) is 0 Å². The minimum atomic E-state index is -0.301. The van der Waals surface area contributed by atoms with Gasteiger partial charge >= 0.3 is 6.09 Å². The van der Waals surface area contributed by atoms with Gasteiger partial charge in [0.2, 0.25) is 0 Å². The Morgan fingerprint density at radius 3 is 2.57 bits per heavy atom. The third-order valence-corrected chi connectivity index (χ3v) is 5.11. The average molecular weight is 339 g/mol. The molecule has 0 spiro atoms. The molecular weight excluding hydrogens is 312 g/mol. The lowest BCUT2D eigenvalue weighted by molar-refractivity contribution is -0.918. The van der Waals surface area contributed by atoms with E-state index in [-0.39, 0.29) is 24.6 Å². The van der Waals surface area contributed by atoms with Crippen molar-refractivity contribution in [3.8, 4) is 0 Å². The van der Waals surface area contributed by atoms with Crippen LogP contribution in [0.25, 0.3) is 0 Å². The topological polar surface area (TPSA) is 42.8 Å². The number of carbonyl (C=O) groups excluding carboxylic acids is 1. The molecule has 1 heterocycles. The fourth-order valence-electron chi connectivity index (χ4n) is 3.89. The van der Waals surface area contributed by atoms with Crippen LogP contribution in [0.4, 0.5) is 10.5 Å². The van der Waals surface area contributed by atoms with Crippen molar-refractivity contribution in [1.82, 2.24) is 0 Å². The van der Waals surface area contributed by atoms with Crippen LogP contribution in [0.3, 0.4) is 0 Å². The second kappa shape index (κ2) is 8.55. The van der Waals surface area contributed by atoms with E-state index >= 15 is 0 Å². The zero-order chi connectivity index (χ0) is 15.4. The fourth-order valence-corrected chi connectivity index (χ4v) is 3.89. The fraction of sp³-hybridized carbons (Fsp3) is 0.611. The van der Waals surface area contributed by atoms with Crippen LogP contribution in [-0.4, -0.2) is 31.3 Å². The Kier molecular flexibility index (Phi) is 6.72. The maximum Gasteiger partial charge on any atom is 0.412 e. The van der Waals surface area contributed by atoms with Gasteiger partial charge in [-0.25, -0.2) is 4.79 Å². The molecule has 1 aliphatic carbocycles. The second-order valence-electron chi connectivity index (χ2n) is 6.64. The molecule has 128 valence electrons. The molecule has 1 amide bonds. The minimum absolute atomic E-state index is 0. The standard InChI is InChI=1S/C18H26N2O2.ClH/c1-14-8-2-3-9-15(14)19-18(21)22-17-11-5-4-10-16(17)20-12-6-7-13-20;/h2-3,8-9,16-17H,4-7,10-13H2,1H3,(H,19,21);1H. The number of rotatable bonds is 3. The van der Waals surface area contributed by atoms with E-state index in [1.807, 2.05) is 31.2 Å². The Bertz CT molecular complexity index is 517. The minimum Gasteiger partial charge on any atom is -1.00 e. The molecule has 1 saturated heterocycles. The lowest BCUT2D eigenvalue weighted by Gasteiger charge is -2.34. The van der Waals surface area contributed by atoms with Gasteiger partial charge in [-0.05, 0) is 37.8 Å². The van der Waals surface area contributed by atoms with E-state index in [0.29, 0.717) is 6.04 Å². The SMILES string of the molecule is Cc1ccccc1NC(=O)OC1CCCCC1[NH+]1CCCC1.[Cl-]. The predicted molar refractivity (Wildman–Crippen MR) is 87.3 cm³/mol. The van der Waals surface area contributed by atoms with Gasteiger partial charge in [0.15, 0.2) is 6.10 Å². The van der Waals surface area contributed by atoms with E-state index in [9.17, 15) is 4.79 Å². The van der Waals surface area contributed by atoms with E-state index in [1.165, 1.54) is 45.2 Å². The summed E-state index contributed by atoms with van der Waals surface area (Å²) in [5.41, 5.74) is 1.90. The zero-order valence-corrected chi connectivity index (χ0v) is 14.6. The van der Waals surface area contributed by atoms with Crippen molar-refractivity contribution in [2.45, 2.75) is 57.6 Å². The molecule has 1 aromatic rings. The van der Waals surface area contributed by atoms with Crippen molar-refractivity contribution in [2.75, 3.05) is 18.4 Å². The summed E-state index contributed by atoms with van der Waals surface area (Å²) in [6, 6.07) is 8.31. The molecule has 2 unspecified atom stereocenters. The summed E-state index contributed by atoms with van der Waals surface area (Å²) in [5.74, 6) is 0. The van der Waals surface area contributed by atoms with Crippen molar-refractivity contribution in [2.24, 2.45) is 0 Å². The molecule has 0 bridgehead atoms. The zero-order valence-electron chi connectivity index (χ0n) is 13.8. The highest BCUT2D eigenvalue weighted by molar-refractivity contribution is 5.85. The number of hydrogen-bond acceptors (Lipinski definition) is 2. The summed E-state index contributed by atoms with van der Waals surface area (Å²) in [4.78, 5) is 13.9. The number of para-hydroxylation sites is 1. The summed E-state index contributed by atoms with van der Waals surface area (Å²) in [7, 11) is 0. The van der Waals surface area contributed by atoms with Crippen LogP contribution in [0.1, 0.15) is 44.1 Å². The number of halogens is 1. The maximum absolute atomic E-state index is 12.3. The predicted octanol–water partition coefficient (Wildman–Crippen LogP) is -0.463. The van der Waals surface area contributed by atoms with Gasteiger partial charge in [0.1, 0.15) is 6.04 Å². The molecule has 2 N–H and O–H groups in total. The molecule has 2 fully saturated rings. The number of carbonyl (C=O) groups is 1. The quantitative estimate of drug-likeness (QED) is 0.783. The Morgan fingerprint density at radius 2 is 1.83 bits per heavy atom. The van der Waals surface area contributed by atoms with Crippen molar-refractivity contribution in [3.63, 3.8) is 0 Å². The Hall–Kier alpha value is -1.26. The van der Waals surface area contributed by atoms with Gasteiger partial charge < -0.3 is 22.0 Å². The number of hydrogen-bond donors (Lipinski definition) is 2. The number of benzene rings is 1. The van der Waals surface area contributed by atoms with Crippen molar-refractivity contribution >= 4 is 11.8 Å². The number of likely N-dealkylation sites (tertiary alicyclic amines) is 1. The average Bonchev–Trinajstić information content (AvgIpc) is 3.04. The van der Waals surface area contributed by atoms with Crippen molar-refractivity contribution in [1.29, 1.82) is 0 Å². The Balaban J connectivity index is 0.00000192. The molecule has 1 aromatic carbocycles. The van der Waals surface area contributed by atoms with E-state index in [4.69, 9.17) is 4.74 Å².